The minimum Gasteiger partial charge on any atom is -0.491 e. The first-order valence-electron chi connectivity index (χ1n) is 9.16. The molecule has 1 amide bonds. The molecule has 144 valence electrons. The molecule has 2 N–H and O–H groups in total. The predicted octanol–water partition coefficient (Wildman–Crippen LogP) is 2.35. The summed E-state index contributed by atoms with van der Waals surface area (Å²) in [5, 5.41) is 13.6. The SMILES string of the molecule is O=C(CN1CCC[C@@](O)(COc2ccccc2)C1)NCc1cccc(F)c1. The van der Waals surface area contributed by atoms with E-state index < -0.39 is 5.60 Å². The van der Waals surface area contributed by atoms with Crippen molar-refractivity contribution in [3.8, 4) is 5.75 Å². The summed E-state index contributed by atoms with van der Waals surface area (Å²) in [6.45, 7) is 1.81. The molecule has 3 rings (SSSR count). The van der Waals surface area contributed by atoms with Crippen LogP contribution in [0.15, 0.2) is 54.6 Å². The van der Waals surface area contributed by atoms with Gasteiger partial charge >= 0.3 is 0 Å². The minimum atomic E-state index is -0.975. The Bertz CT molecular complexity index is 756. The maximum Gasteiger partial charge on any atom is 0.234 e. The molecule has 1 saturated heterocycles. The Kier molecular flexibility index (Phi) is 6.42. The van der Waals surface area contributed by atoms with Crippen molar-refractivity contribution in [3.63, 3.8) is 0 Å². The Morgan fingerprint density at radius 3 is 2.81 bits per heavy atom. The van der Waals surface area contributed by atoms with E-state index in [1.807, 2.05) is 35.2 Å². The van der Waals surface area contributed by atoms with Crippen molar-refractivity contribution in [2.75, 3.05) is 26.2 Å². The van der Waals surface area contributed by atoms with E-state index in [-0.39, 0.29) is 31.4 Å². The van der Waals surface area contributed by atoms with Crippen molar-refractivity contribution >= 4 is 5.91 Å². The highest BCUT2D eigenvalue weighted by Gasteiger charge is 2.34. The molecule has 0 aromatic heterocycles. The number of aliphatic hydroxyl groups is 1. The summed E-state index contributed by atoms with van der Waals surface area (Å²) >= 11 is 0. The number of piperidine rings is 1. The number of carbonyl (C=O) groups is 1. The number of likely N-dealkylation sites (tertiary alicyclic amines) is 1. The molecule has 1 aliphatic rings. The molecule has 1 fully saturated rings. The monoisotopic (exact) mass is 372 g/mol. The summed E-state index contributed by atoms with van der Waals surface area (Å²) in [6.07, 6.45) is 1.44. The maximum absolute atomic E-state index is 13.2. The highest BCUT2D eigenvalue weighted by molar-refractivity contribution is 5.78. The van der Waals surface area contributed by atoms with Crippen molar-refractivity contribution in [1.82, 2.24) is 10.2 Å². The summed E-state index contributed by atoms with van der Waals surface area (Å²) in [7, 11) is 0. The van der Waals surface area contributed by atoms with Gasteiger partial charge in [-0.25, -0.2) is 4.39 Å². The number of para-hydroxylation sites is 1. The van der Waals surface area contributed by atoms with Crippen molar-refractivity contribution in [2.45, 2.75) is 25.0 Å². The van der Waals surface area contributed by atoms with Gasteiger partial charge in [0.15, 0.2) is 0 Å². The lowest BCUT2D eigenvalue weighted by molar-refractivity contribution is -0.124. The zero-order valence-corrected chi connectivity index (χ0v) is 15.2. The molecule has 5 nitrogen and oxygen atoms in total. The average Bonchev–Trinajstić information content (AvgIpc) is 2.66. The van der Waals surface area contributed by atoms with E-state index in [4.69, 9.17) is 4.74 Å². The van der Waals surface area contributed by atoms with Crippen molar-refractivity contribution < 1.29 is 19.0 Å². The molecule has 1 aliphatic heterocycles. The van der Waals surface area contributed by atoms with Gasteiger partial charge in [0.25, 0.3) is 0 Å². The van der Waals surface area contributed by atoms with Crippen molar-refractivity contribution in [3.05, 3.63) is 66.0 Å². The molecule has 2 aromatic rings. The van der Waals surface area contributed by atoms with Crippen LogP contribution in [0.4, 0.5) is 4.39 Å². The number of nitrogens with zero attached hydrogens (tertiary/aromatic N) is 1. The van der Waals surface area contributed by atoms with Gasteiger partial charge in [-0.15, -0.1) is 0 Å². The predicted molar refractivity (Wildman–Crippen MR) is 101 cm³/mol. The first-order chi connectivity index (χ1) is 13.0. The summed E-state index contributed by atoms with van der Waals surface area (Å²) in [6, 6.07) is 15.5. The number of hydrogen-bond acceptors (Lipinski definition) is 4. The van der Waals surface area contributed by atoms with E-state index in [1.165, 1.54) is 12.1 Å². The number of halogens is 1. The summed E-state index contributed by atoms with van der Waals surface area (Å²) in [5.41, 5.74) is -0.258. The van der Waals surface area contributed by atoms with Crippen LogP contribution >= 0.6 is 0 Å². The Hall–Kier alpha value is -2.44. The second-order valence-electron chi connectivity index (χ2n) is 7.05. The zero-order valence-electron chi connectivity index (χ0n) is 15.2. The van der Waals surface area contributed by atoms with Crippen LogP contribution in [0.3, 0.4) is 0 Å². The lowest BCUT2D eigenvalue weighted by Crippen LogP contribution is -2.53. The fourth-order valence-corrected chi connectivity index (χ4v) is 3.30. The van der Waals surface area contributed by atoms with Gasteiger partial charge in [0, 0.05) is 13.1 Å². The third-order valence-electron chi connectivity index (χ3n) is 4.63. The molecule has 1 heterocycles. The van der Waals surface area contributed by atoms with Gasteiger partial charge in [0.1, 0.15) is 23.8 Å². The van der Waals surface area contributed by atoms with E-state index in [9.17, 15) is 14.3 Å². The van der Waals surface area contributed by atoms with E-state index in [0.29, 0.717) is 13.0 Å². The van der Waals surface area contributed by atoms with Gasteiger partial charge in [0.05, 0.1) is 6.54 Å². The number of ether oxygens (including phenoxy) is 1. The van der Waals surface area contributed by atoms with Gasteiger partial charge in [0.2, 0.25) is 5.91 Å². The molecule has 0 radical (unpaired) electrons. The second kappa shape index (κ2) is 8.97. The smallest absolute Gasteiger partial charge is 0.234 e. The van der Waals surface area contributed by atoms with Gasteiger partial charge in [-0.05, 0) is 49.2 Å². The first-order valence-corrected chi connectivity index (χ1v) is 9.16. The number of amides is 1. The Morgan fingerprint density at radius 1 is 1.22 bits per heavy atom. The normalized spacial score (nSPS) is 20.2. The fraction of sp³-hybridized carbons (Fsp3) is 0.381. The molecule has 0 aliphatic carbocycles. The van der Waals surface area contributed by atoms with Crippen molar-refractivity contribution in [1.29, 1.82) is 0 Å². The molecule has 0 bridgehead atoms. The summed E-state index contributed by atoms with van der Waals surface area (Å²) < 4.78 is 18.9. The molecule has 0 saturated carbocycles. The molecule has 1 atom stereocenters. The van der Waals surface area contributed by atoms with Gasteiger partial charge in [-0.3, -0.25) is 9.69 Å². The zero-order chi connectivity index (χ0) is 19.1. The van der Waals surface area contributed by atoms with Crippen LogP contribution < -0.4 is 10.1 Å². The highest BCUT2D eigenvalue weighted by atomic mass is 19.1. The molecule has 0 spiro atoms. The molecular weight excluding hydrogens is 347 g/mol. The number of hydrogen-bond donors (Lipinski definition) is 2. The third kappa shape index (κ3) is 6.05. The first kappa shape index (κ1) is 19.3. The molecule has 27 heavy (non-hydrogen) atoms. The van der Waals surface area contributed by atoms with Gasteiger partial charge in [-0.2, -0.15) is 0 Å². The molecule has 0 unspecified atom stereocenters. The molecular formula is C21H25FN2O3. The minimum absolute atomic E-state index is 0.146. The van der Waals surface area contributed by atoms with Crippen LogP contribution in [0.2, 0.25) is 0 Å². The van der Waals surface area contributed by atoms with Crippen molar-refractivity contribution in [2.24, 2.45) is 0 Å². The van der Waals surface area contributed by atoms with E-state index in [0.717, 1.165) is 24.3 Å². The maximum atomic E-state index is 13.2. The van der Waals surface area contributed by atoms with E-state index in [2.05, 4.69) is 5.32 Å². The Labute approximate surface area is 158 Å². The van der Waals surface area contributed by atoms with Crippen LogP contribution in [0, 0.1) is 5.82 Å². The lowest BCUT2D eigenvalue weighted by Gasteiger charge is -2.38. The Balaban J connectivity index is 1.46. The molecule has 2 aromatic carbocycles. The number of rotatable bonds is 7. The summed E-state index contributed by atoms with van der Waals surface area (Å²) in [4.78, 5) is 14.1. The van der Waals surface area contributed by atoms with E-state index in [1.54, 1.807) is 12.1 Å². The molecule has 6 heteroatoms. The largest absolute Gasteiger partial charge is 0.491 e. The van der Waals surface area contributed by atoms with Gasteiger partial charge < -0.3 is 15.2 Å². The average molecular weight is 372 g/mol. The quantitative estimate of drug-likeness (QED) is 0.783. The fourth-order valence-electron chi connectivity index (χ4n) is 3.30. The van der Waals surface area contributed by atoms with E-state index >= 15 is 0 Å². The Morgan fingerprint density at radius 2 is 2.04 bits per heavy atom. The van der Waals surface area contributed by atoms with Crippen LogP contribution in [-0.4, -0.2) is 47.8 Å². The van der Waals surface area contributed by atoms with Crippen LogP contribution in [0.5, 0.6) is 5.75 Å². The second-order valence-corrected chi connectivity index (χ2v) is 7.05. The van der Waals surface area contributed by atoms with Crippen LogP contribution in [-0.2, 0) is 11.3 Å². The number of benzene rings is 2. The number of β-amino-alcohol motifs (C(OH)–C–C–N with tert-alkyl or cyclic N) is 1. The number of nitrogens with one attached hydrogen (secondary N) is 1. The topological polar surface area (TPSA) is 61.8 Å². The lowest BCUT2D eigenvalue weighted by atomic mass is 9.93. The number of carbonyl (C=O) groups excluding carboxylic acids is 1. The van der Waals surface area contributed by atoms with Crippen LogP contribution in [0.1, 0.15) is 18.4 Å². The standard InChI is InChI=1S/C21H25FN2O3/c22-18-7-4-6-17(12-18)13-23-20(25)14-24-11-5-10-21(26,15-24)16-27-19-8-2-1-3-9-19/h1-4,6-9,12,26H,5,10-11,13-16H2,(H,23,25)/t21-/m0/s1. The summed E-state index contributed by atoms with van der Waals surface area (Å²) in [5.74, 6) is 0.254. The van der Waals surface area contributed by atoms with Crippen LogP contribution in [0.25, 0.3) is 0 Å². The highest BCUT2D eigenvalue weighted by Crippen LogP contribution is 2.22. The third-order valence-corrected chi connectivity index (χ3v) is 4.63. The van der Waals surface area contributed by atoms with Gasteiger partial charge in [-0.1, -0.05) is 30.3 Å².